The molecule has 9 heteroatoms. The topological polar surface area (TPSA) is 68.3 Å². The van der Waals surface area contributed by atoms with Crippen LogP contribution >= 0.6 is 23.2 Å². The Morgan fingerprint density at radius 1 is 0.920 bits per heavy atom. The van der Waals surface area contributed by atoms with Gasteiger partial charge >= 0.3 is 0 Å². The molecule has 0 aliphatic carbocycles. The lowest BCUT2D eigenvalue weighted by molar-refractivity contribution is -0.130. The van der Waals surface area contributed by atoms with E-state index in [1.165, 1.54) is 21.3 Å². The molecule has 1 aliphatic rings. The summed E-state index contributed by atoms with van der Waals surface area (Å²) in [5, 5.41) is 0. The third-order valence-electron chi connectivity index (χ3n) is 3.98. The van der Waals surface area contributed by atoms with Crippen molar-refractivity contribution < 1.29 is 23.8 Å². The molecule has 0 atom stereocenters. The minimum absolute atomic E-state index is 0.181. The van der Waals surface area contributed by atoms with Crippen LogP contribution < -0.4 is 14.2 Å². The SMILES string of the molecule is COc1cc(C(=O)N2CCN(C(=O)C(Cl)Cl)CC2)cc(OC)c1OC. The molecule has 2 amide bonds. The molecule has 0 bridgehead atoms. The van der Waals surface area contributed by atoms with Gasteiger partial charge in [0, 0.05) is 31.7 Å². The van der Waals surface area contributed by atoms with Crippen molar-refractivity contribution in [1.82, 2.24) is 9.80 Å². The van der Waals surface area contributed by atoms with E-state index >= 15 is 0 Å². The van der Waals surface area contributed by atoms with Crippen LogP contribution in [0, 0.1) is 0 Å². The lowest BCUT2D eigenvalue weighted by atomic mass is 10.1. The summed E-state index contributed by atoms with van der Waals surface area (Å²) in [6, 6.07) is 3.21. The molecule has 0 radical (unpaired) electrons. The Balaban J connectivity index is 2.15. The third kappa shape index (κ3) is 4.22. The molecule has 1 aliphatic heterocycles. The van der Waals surface area contributed by atoms with Crippen molar-refractivity contribution in [2.45, 2.75) is 4.84 Å². The zero-order valence-corrected chi connectivity index (χ0v) is 15.8. The summed E-state index contributed by atoms with van der Waals surface area (Å²) in [5.74, 6) is 0.715. The fourth-order valence-corrected chi connectivity index (χ4v) is 2.93. The summed E-state index contributed by atoms with van der Waals surface area (Å²) in [6.07, 6.45) is 0. The normalized spacial score (nSPS) is 14.5. The number of amides is 2. The van der Waals surface area contributed by atoms with Crippen LogP contribution in [0.5, 0.6) is 17.2 Å². The van der Waals surface area contributed by atoms with Crippen molar-refractivity contribution in [2.75, 3.05) is 47.5 Å². The largest absolute Gasteiger partial charge is 0.493 e. The fourth-order valence-electron chi connectivity index (χ4n) is 2.66. The number of carbonyl (C=O) groups excluding carboxylic acids is 2. The molecule has 0 spiro atoms. The van der Waals surface area contributed by atoms with Gasteiger partial charge in [0.15, 0.2) is 16.3 Å². The van der Waals surface area contributed by atoms with Gasteiger partial charge in [0.2, 0.25) is 5.75 Å². The first-order valence-electron chi connectivity index (χ1n) is 7.59. The Hall–Kier alpha value is -1.86. The van der Waals surface area contributed by atoms with Crippen LogP contribution in [0.15, 0.2) is 12.1 Å². The number of carbonyl (C=O) groups is 2. The molecule has 1 aromatic rings. The van der Waals surface area contributed by atoms with Gasteiger partial charge in [-0.1, -0.05) is 23.2 Å². The van der Waals surface area contributed by atoms with E-state index in [0.717, 1.165) is 0 Å². The highest BCUT2D eigenvalue weighted by molar-refractivity contribution is 6.53. The van der Waals surface area contributed by atoms with Gasteiger partial charge in [0.1, 0.15) is 0 Å². The van der Waals surface area contributed by atoms with Gasteiger partial charge in [-0.15, -0.1) is 0 Å². The van der Waals surface area contributed by atoms with Crippen molar-refractivity contribution >= 4 is 35.0 Å². The smallest absolute Gasteiger partial charge is 0.255 e. The number of rotatable bonds is 5. The summed E-state index contributed by atoms with van der Waals surface area (Å²) in [7, 11) is 4.48. The second-order valence-electron chi connectivity index (χ2n) is 5.33. The van der Waals surface area contributed by atoms with E-state index in [-0.39, 0.29) is 11.8 Å². The number of nitrogens with zero attached hydrogens (tertiary/aromatic N) is 2. The van der Waals surface area contributed by atoms with E-state index in [1.54, 1.807) is 21.9 Å². The maximum Gasteiger partial charge on any atom is 0.255 e. The zero-order chi connectivity index (χ0) is 18.6. The van der Waals surface area contributed by atoms with E-state index in [2.05, 4.69) is 0 Å². The van der Waals surface area contributed by atoms with E-state index in [1.807, 2.05) is 0 Å². The van der Waals surface area contributed by atoms with Gasteiger partial charge in [-0.25, -0.2) is 0 Å². The molecule has 25 heavy (non-hydrogen) atoms. The van der Waals surface area contributed by atoms with Crippen LogP contribution in [0.25, 0.3) is 0 Å². The van der Waals surface area contributed by atoms with Crippen molar-refractivity contribution in [1.29, 1.82) is 0 Å². The number of piperazine rings is 1. The quantitative estimate of drug-likeness (QED) is 0.717. The summed E-state index contributed by atoms with van der Waals surface area (Å²) in [6.45, 7) is 1.54. The number of benzene rings is 1. The van der Waals surface area contributed by atoms with Crippen LogP contribution in [0.4, 0.5) is 0 Å². The molecular formula is C16H20Cl2N2O5. The van der Waals surface area contributed by atoms with Gasteiger partial charge in [-0.2, -0.15) is 0 Å². The van der Waals surface area contributed by atoms with Crippen molar-refractivity contribution in [2.24, 2.45) is 0 Å². The van der Waals surface area contributed by atoms with Gasteiger partial charge in [-0.05, 0) is 12.1 Å². The molecule has 1 saturated heterocycles. The molecule has 1 aromatic carbocycles. The molecule has 0 saturated carbocycles. The summed E-state index contributed by atoms with van der Waals surface area (Å²) < 4.78 is 15.8. The first-order chi connectivity index (χ1) is 11.9. The number of alkyl halides is 2. The first-order valence-corrected chi connectivity index (χ1v) is 8.46. The summed E-state index contributed by atoms with van der Waals surface area (Å²) >= 11 is 11.2. The van der Waals surface area contributed by atoms with E-state index in [4.69, 9.17) is 37.4 Å². The Bertz CT molecular complexity index is 620. The Labute approximate surface area is 156 Å². The van der Waals surface area contributed by atoms with E-state index < -0.39 is 4.84 Å². The first kappa shape index (κ1) is 19.5. The highest BCUT2D eigenvalue weighted by Gasteiger charge is 2.28. The highest BCUT2D eigenvalue weighted by Crippen LogP contribution is 2.38. The standard InChI is InChI=1S/C16H20Cl2N2O5/c1-23-11-8-10(9-12(24-2)13(11)25-3)15(21)19-4-6-20(7-5-19)16(22)14(17)18/h8-9,14H,4-7H2,1-3H3. The lowest BCUT2D eigenvalue weighted by Crippen LogP contribution is -2.51. The average Bonchev–Trinajstić information content (AvgIpc) is 2.65. The Kier molecular flexibility index (Phi) is 6.61. The van der Waals surface area contributed by atoms with Crippen LogP contribution in [-0.2, 0) is 4.79 Å². The molecule has 0 N–H and O–H groups in total. The monoisotopic (exact) mass is 390 g/mol. The molecule has 138 valence electrons. The average molecular weight is 391 g/mol. The van der Waals surface area contributed by atoms with Gasteiger partial charge < -0.3 is 24.0 Å². The predicted octanol–water partition coefficient (Wildman–Crippen LogP) is 1.80. The second kappa shape index (κ2) is 8.49. The minimum atomic E-state index is -1.09. The van der Waals surface area contributed by atoms with Crippen LogP contribution in [0.1, 0.15) is 10.4 Å². The number of ether oxygens (including phenoxy) is 3. The molecular weight excluding hydrogens is 371 g/mol. The van der Waals surface area contributed by atoms with Crippen LogP contribution in [0.3, 0.4) is 0 Å². The molecule has 1 fully saturated rings. The second-order valence-corrected chi connectivity index (χ2v) is 6.43. The van der Waals surface area contributed by atoms with E-state index in [0.29, 0.717) is 49.0 Å². The van der Waals surface area contributed by atoms with Gasteiger partial charge in [0.05, 0.1) is 21.3 Å². The molecule has 2 rings (SSSR count). The van der Waals surface area contributed by atoms with Crippen LogP contribution in [-0.4, -0.2) is 74.0 Å². The number of halogens is 2. The summed E-state index contributed by atoms with van der Waals surface area (Å²) in [4.78, 5) is 26.7. The highest BCUT2D eigenvalue weighted by atomic mass is 35.5. The lowest BCUT2D eigenvalue weighted by Gasteiger charge is -2.35. The Morgan fingerprint density at radius 2 is 1.40 bits per heavy atom. The van der Waals surface area contributed by atoms with Crippen molar-refractivity contribution in [3.8, 4) is 17.2 Å². The predicted molar refractivity (Wildman–Crippen MR) is 94.1 cm³/mol. The van der Waals surface area contributed by atoms with Crippen LogP contribution in [0.2, 0.25) is 0 Å². The maximum absolute atomic E-state index is 12.8. The molecule has 7 nitrogen and oxygen atoms in total. The maximum atomic E-state index is 12.8. The minimum Gasteiger partial charge on any atom is -0.493 e. The summed E-state index contributed by atoms with van der Waals surface area (Å²) in [5.41, 5.74) is 0.418. The van der Waals surface area contributed by atoms with Gasteiger partial charge in [0.25, 0.3) is 11.8 Å². The van der Waals surface area contributed by atoms with Gasteiger partial charge in [-0.3, -0.25) is 9.59 Å². The Morgan fingerprint density at radius 3 is 1.80 bits per heavy atom. The zero-order valence-electron chi connectivity index (χ0n) is 14.3. The molecule has 0 aromatic heterocycles. The number of hydrogen-bond donors (Lipinski definition) is 0. The number of hydrogen-bond acceptors (Lipinski definition) is 5. The molecule has 1 heterocycles. The van der Waals surface area contributed by atoms with Crippen molar-refractivity contribution in [3.05, 3.63) is 17.7 Å². The molecule has 0 unspecified atom stereocenters. The van der Waals surface area contributed by atoms with E-state index in [9.17, 15) is 9.59 Å². The number of methoxy groups -OCH3 is 3. The fraction of sp³-hybridized carbons (Fsp3) is 0.500. The third-order valence-corrected chi connectivity index (χ3v) is 4.35. The van der Waals surface area contributed by atoms with Crippen molar-refractivity contribution in [3.63, 3.8) is 0 Å².